The highest BCUT2D eigenvalue weighted by Gasteiger charge is 2.07. The van der Waals surface area contributed by atoms with E-state index in [-0.39, 0.29) is 12.6 Å². The first-order valence-corrected chi connectivity index (χ1v) is 6.72. The lowest BCUT2D eigenvalue weighted by Crippen LogP contribution is -2.36. The van der Waals surface area contributed by atoms with Gasteiger partial charge in [-0.25, -0.2) is 0 Å². The molecule has 1 rings (SSSR count). The van der Waals surface area contributed by atoms with Gasteiger partial charge in [0, 0.05) is 24.1 Å². The van der Waals surface area contributed by atoms with Gasteiger partial charge in [-0.15, -0.1) is 11.3 Å². The first-order chi connectivity index (χ1) is 8.22. The standard InChI is InChI=1S/C12H21NO3S/c1-10(4-5-14)13-7-11(15)8-16-9-12-3-2-6-17-12/h2-3,6,10-11,13-15H,4-5,7-9H2,1H3. The van der Waals surface area contributed by atoms with Gasteiger partial charge in [0.25, 0.3) is 0 Å². The monoisotopic (exact) mass is 259 g/mol. The fraction of sp³-hybridized carbons (Fsp3) is 0.667. The maximum absolute atomic E-state index is 9.65. The van der Waals surface area contributed by atoms with E-state index in [1.54, 1.807) is 11.3 Å². The van der Waals surface area contributed by atoms with Crippen molar-refractivity contribution in [1.29, 1.82) is 0 Å². The van der Waals surface area contributed by atoms with Gasteiger partial charge in [-0.05, 0) is 24.8 Å². The summed E-state index contributed by atoms with van der Waals surface area (Å²) in [7, 11) is 0. The lowest BCUT2D eigenvalue weighted by atomic mass is 10.2. The molecule has 0 radical (unpaired) electrons. The fourth-order valence-electron chi connectivity index (χ4n) is 1.38. The van der Waals surface area contributed by atoms with Crippen molar-refractivity contribution in [2.45, 2.75) is 32.1 Å². The zero-order chi connectivity index (χ0) is 12.5. The molecular formula is C12H21NO3S. The minimum atomic E-state index is -0.504. The van der Waals surface area contributed by atoms with Crippen LogP contribution in [0.2, 0.25) is 0 Å². The van der Waals surface area contributed by atoms with Crippen LogP contribution in [0.25, 0.3) is 0 Å². The number of aliphatic hydroxyl groups excluding tert-OH is 2. The van der Waals surface area contributed by atoms with Gasteiger partial charge in [0.2, 0.25) is 0 Å². The molecule has 1 aromatic rings. The Balaban J connectivity index is 2.03. The number of aliphatic hydroxyl groups is 2. The molecule has 0 saturated carbocycles. The SMILES string of the molecule is CC(CCO)NCC(O)COCc1cccs1. The summed E-state index contributed by atoms with van der Waals surface area (Å²) in [4.78, 5) is 1.17. The van der Waals surface area contributed by atoms with E-state index in [4.69, 9.17) is 9.84 Å². The van der Waals surface area contributed by atoms with Crippen LogP contribution in [0.15, 0.2) is 17.5 Å². The molecule has 4 nitrogen and oxygen atoms in total. The lowest BCUT2D eigenvalue weighted by Gasteiger charge is -2.16. The molecule has 0 fully saturated rings. The number of rotatable bonds is 9. The van der Waals surface area contributed by atoms with Gasteiger partial charge in [-0.1, -0.05) is 6.07 Å². The first-order valence-electron chi connectivity index (χ1n) is 5.84. The largest absolute Gasteiger partial charge is 0.396 e. The maximum Gasteiger partial charge on any atom is 0.0897 e. The molecule has 0 spiro atoms. The molecule has 2 atom stereocenters. The summed E-state index contributed by atoms with van der Waals surface area (Å²) in [6, 6.07) is 4.21. The summed E-state index contributed by atoms with van der Waals surface area (Å²) in [6.45, 7) is 3.53. The molecule has 0 aliphatic carbocycles. The number of thiophene rings is 1. The predicted molar refractivity (Wildman–Crippen MR) is 69.1 cm³/mol. The van der Waals surface area contributed by atoms with E-state index in [9.17, 15) is 5.11 Å². The highest BCUT2D eigenvalue weighted by Crippen LogP contribution is 2.09. The third-order valence-electron chi connectivity index (χ3n) is 2.40. The van der Waals surface area contributed by atoms with E-state index in [1.807, 2.05) is 24.4 Å². The van der Waals surface area contributed by atoms with Gasteiger partial charge in [-0.2, -0.15) is 0 Å². The van der Waals surface area contributed by atoms with Crippen molar-refractivity contribution in [3.8, 4) is 0 Å². The summed E-state index contributed by atoms with van der Waals surface area (Å²) in [5.74, 6) is 0. The molecule has 5 heteroatoms. The van der Waals surface area contributed by atoms with Crippen molar-refractivity contribution in [1.82, 2.24) is 5.32 Å². The topological polar surface area (TPSA) is 61.7 Å². The Kier molecular flexibility index (Phi) is 7.39. The second-order valence-corrected chi connectivity index (χ2v) is 5.10. The van der Waals surface area contributed by atoms with E-state index in [0.29, 0.717) is 26.2 Å². The van der Waals surface area contributed by atoms with Gasteiger partial charge in [-0.3, -0.25) is 0 Å². The molecule has 0 bridgehead atoms. The van der Waals surface area contributed by atoms with Crippen LogP contribution in [0.4, 0.5) is 0 Å². The van der Waals surface area contributed by atoms with Gasteiger partial charge in [0.1, 0.15) is 0 Å². The van der Waals surface area contributed by atoms with E-state index in [2.05, 4.69) is 5.32 Å². The molecule has 0 aliphatic rings. The second kappa shape index (κ2) is 8.60. The minimum Gasteiger partial charge on any atom is -0.396 e. The van der Waals surface area contributed by atoms with Crippen LogP contribution >= 0.6 is 11.3 Å². The highest BCUT2D eigenvalue weighted by atomic mass is 32.1. The third kappa shape index (κ3) is 6.75. The minimum absolute atomic E-state index is 0.166. The summed E-state index contributed by atoms with van der Waals surface area (Å²) in [6.07, 6.45) is 0.194. The molecule has 0 aromatic carbocycles. The number of nitrogens with one attached hydrogen (secondary N) is 1. The number of hydrogen-bond donors (Lipinski definition) is 3. The van der Waals surface area contributed by atoms with Crippen LogP contribution in [0.1, 0.15) is 18.2 Å². The third-order valence-corrected chi connectivity index (χ3v) is 3.25. The average Bonchev–Trinajstić information content (AvgIpc) is 2.80. The van der Waals surface area contributed by atoms with Crippen LogP contribution in [-0.4, -0.2) is 42.1 Å². The summed E-state index contributed by atoms with van der Waals surface area (Å²) < 4.78 is 5.40. The normalized spacial score (nSPS) is 14.8. The number of ether oxygens (including phenoxy) is 1. The van der Waals surface area contributed by atoms with Crippen LogP contribution < -0.4 is 5.32 Å². The molecular weight excluding hydrogens is 238 g/mol. The molecule has 0 saturated heterocycles. The highest BCUT2D eigenvalue weighted by molar-refractivity contribution is 7.09. The zero-order valence-electron chi connectivity index (χ0n) is 10.1. The Morgan fingerprint density at radius 2 is 2.35 bits per heavy atom. The molecule has 2 unspecified atom stereocenters. The van der Waals surface area contributed by atoms with E-state index >= 15 is 0 Å². The van der Waals surface area contributed by atoms with E-state index in [0.717, 1.165) is 0 Å². The van der Waals surface area contributed by atoms with Crippen LogP contribution in [0.5, 0.6) is 0 Å². The average molecular weight is 259 g/mol. The lowest BCUT2D eigenvalue weighted by molar-refractivity contribution is 0.0285. The molecule has 17 heavy (non-hydrogen) atoms. The predicted octanol–water partition coefficient (Wildman–Crippen LogP) is 0.986. The molecule has 0 aliphatic heterocycles. The van der Waals surface area contributed by atoms with Gasteiger partial charge in [0.05, 0.1) is 19.3 Å². The Bertz CT molecular complexity index is 279. The molecule has 3 N–H and O–H groups in total. The van der Waals surface area contributed by atoms with Crippen LogP contribution in [0, 0.1) is 0 Å². The number of hydrogen-bond acceptors (Lipinski definition) is 5. The van der Waals surface area contributed by atoms with Gasteiger partial charge < -0.3 is 20.3 Å². The van der Waals surface area contributed by atoms with Gasteiger partial charge in [0.15, 0.2) is 0 Å². The van der Waals surface area contributed by atoms with Crippen LogP contribution in [0.3, 0.4) is 0 Å². The summed E-state index contributed by atoms with van der Waals surface area (Å²) in [5, 5.41) is 23.5. The van der Waals surface area contributed by atoms with Crippen molar-refractivity contribution in [3.63, 3.8) is 0 Å². The van der Waals surface area contributed by atoms with Gasteiger partial charge >= 0.3 is 0 Å². The molecule has 1 aromatic heterocycles. The Hall–Kier alpha value is -0.460. The van der Waals surface area contributed by atoms with E-state index < -0.39 is 6.10 Å². The maximum atomic E-state index is 9.65. The Labute approximate surface area is 106 Å². The molecule has 0 amide bonds. The molecule has 98 valence electrons. The molecule has 1 heterocycles. The fourth-order valence-corrected chi connectivity index (χ4v) is 2.02. The van der Waals surface area contributed by atoms with Crippen molar-refractivity contribution in [3.05, 3.63) is 22.4 Å². The first kappa shape index (κ1) is 14.6. The Morgan fingerprint density at radius 1 is 1.53 bits per heavy atom. The Morgan fingerprint density at radius 3 is 3.00 bits per heavy atom. The van der Waals surface area contributed by atoms with E-state index in [1.165, 1.54) is 4.88 Å². The summed E-state index contributed by atoms with van der Waals surface area (Å²) in [5.41, 5.74) is 0. The van der Waals surface area contributed by atoms with Crippen molar-refractivity contribution in [2.75, 3.05) is 19.8 Å². The zero-order valence-corrected chi connectivity index (χ0v) is 10.9. The summed E-state index contributed by atoms with van der Waals surface area (Å²) >= 11 is 1.65. The van der Waals surface area contributed by atoms with Crippen molar-refractivity contribution >= 4 is 11.3 Å². The van der Waals surface area contributed by atoms with Crippen LogP contribution in [-0.2, 0) is 11.3 Å². The smallest absolute Gasteiger partial charge is 0.0897 e. The second-order valence-electron chi connectivity index (χ2n) is 4.07. The quantitative estimate of drug-likeness (QED) is 0.619. The van der Waals surface area contributed by atoms with Crippen molar-refractivity contribution < 1.29 is 14.9 Å². The van der Waals surface area contributed by atoms with Crippen molar-refractivity contribution in [2.24, 2.45) is 0 Å².